The number of amides is 1. The van der Waals surface area contributed by atoms with Crippen molar-refractivity contribution in [2.45, 2.75) is 17.6 Å². The van der Waals surface area contributed by atoms with Crippen molar-refractivity contribution in [2.75, 3.05) is 29.0 Å². The van der Waals surface area contributed by atoms with E-state index in [2.05, 4.69) is 10.3 Å². The largest absolute Gasteiger partial charge is 0.495 e. The van der Waals surface area contributed by atoms with Crippen LogP contribution in [0.1, 0.15) is 12.6 Å². The summed E-state index contributed by atoms with van der Waals surface area (Å²) in [6.07, 6.45) is 1.71. The fourth-order valence-corrected chi connectivity index (χ4v) is 5.32. The highest BCUT2D eigenvalue weighted by atomic mass is 32.2. The molecule has 7 nitrogen and oxygen atoms in total. The third-order valence-electron chi connectivity index (χ3n) is 4.57. The Morgan fingerprint density at radius 3 is 2.50 bits per heavy atom. The first kappa shape index (κ1) is 23.6. The molecule has 1 heterocycles. The van der Waals surface area contributed by atoms with Crippen molar-refractivity contribution >= 4 is 39.1 Å². The third kappa shape index (κ3) is 5.80. The molecule has 1 aromatic heterocycles. The average molecular weight is 472 g/mol. The van der Waals surface area contributed by atoms with Crippen molar-refractivity contribution in [1.29, 1.82) is 0 Å². The lowest BCUT2D eigenvalue weighted by atomic mass is 10.3. The number of anilines is 2. The molecule has 168 valence electrons. The van der Waals surface area contributed by atoms with Crippen LogP contribution >= 0.6 is 11.8 Å². The molecular formula is C23H25N3O4S2. The Kier molecular flexibility index (Phi) is 8.13. The topological polar surface area (TPSA) is 88.6 Å². The zero-order valence-electron chi connectivity index (χ0n) is 17.9. The van der Waals surface area contributed by atoms with Gasteiger partial charge in [-0.15, -0.1) is 11.8 Å². The maximum absolute atomic E-state index is 13.3. The summed E-state index contributed by atoms with van der Waals surface area (Å²) in [5, 5.41) is 2.77. The summed E-state index contributed by atoms with van der Waals surface area (Å²) in [6, 6.07) is 19.0. The molecule has 0 atom stereocenters. The fourth-order valence-electron chi connectivity index (χ4n) is 3.08. The normalized spacial score (nSPS) is 11.1. The van der Waals surface area contributed by atoms with Gasteiger partial charge in [-0.25, -0.2) is 8.42 Å². The molecule has 9 heteroatoms. The second kappa shape index (κ2) is 11.0. The lowest BCUT2D eigenvalue weighted by molar-refractivity contribution is -0.113. The van der Waals surface area contributed by atoms with Crippen molar-refractivity contribution in [3.05, 3.63) is 78.6 Å². The number of carbonyl (C=O) groups excluding carboxylic acids is 1. The lowest BCUT2D eigenvalue weighted by Crippen LogP contribution is -2.30. The monoisotopic (exact) mass is 471 g/mol. The van der Waals surface area contributed by atoms with Crippen LogP contribution in [0.25, 0.3) is 0 Å². The number of nitrogens with zero attached hydrogens (tertiary/aromatic N) is 2. The Labute approximate surface area is 192 Å². The highest BCUT2D eigenvalue weighted by molar-refractivity contribution is 7.99. The Morgan fingerprint density at radius 2 is 1.84 bits per heavy atom. The molecule has 3 aromatic rings. The molecule has 0 unspecified atom stereocenters. The van der Waals surface area contributed by atoms with E-state index in [4.69, 9.17) is 4.74 Å². The van der Waals surface area contributed by atoms with Crippen molar-refractivity contribution in [3.8, 4) is 5.75 Å². The molecule has 3 rings (SSSR count). The summed E-state index contributed by atoms with van der Waals surface area (Å²) in [6.45, 7) is 2.04. The van der Waals surface area contributed by atoms with Crippen molar-refractivity contribution in [3.63, 3.8) is 0 Å². The molecule has 0 bridgehead atoms. The van der Waals surface area contributed by atoms with Crippen LogP contribution in [0.15, 0.2) is 77.8 Å². The highest BCUT2D eigenvalue weighted by Crippen LogP contribution is 2.31. The van der Waals surface area contributed by atoms with Gasteiger partial charge in [-0.3, -0.25) is 14.1 Å². The first-order chi connectivity index (χ1) is 15.5. The quantitative estimate of drug-likeness (QED) is 0.477. The summed E-state index contributed by atoms with van der Waals surface area (Å²) < 4.78 is 33.2. The van der Waals surface area contributed by atoms with Crippen LogP contribution in [-0.2, 0) is 20.6 Å². The van der Waals surface area contributed by atoms with E-state index < -0.39 is 10.0 Å². The van der Waals surface area contributed by atoms with Gasteiger partial charge in [0.2, 0.25) is 5.91 Å². The van der Waals surface area contributed by atoms with Crippen LogP contribution < -0.4 is 14.4 Å². The molecule has 0 aliphatic carbocycles. The van der Waals surface area contributed by atoms with Crippen LogP contribution in [0, 0.1) is 0 Å². The van der Waals surface area contributed by atoms with Gasteiger partial charge in [0.1, 0.15) is 5.75 Å². The summed E-state index contributed by atoms with van der Waals surface area (Å²) in [5.74, 6) is 0.924. The predicted octanol–water partition coefficient (Wildman–Crippen LogP) is 4.18. The molecule has 0 fully saturated rings. The Bertz CT molecular complexity index is 1140. The van der Waals surface area contributed by atoms with E-state index in [0.717, 1.165) is 5.69 Å². The van der Waals surface area contributed by atoms with Crippen LogP contribution in [0.4, 0.5) is 11.4 Å². The van der Waals surface area contributed by atoms with Gasteiger partial charge in [-0.1, -0.05) is 24.3 Å². The van der Waals surface area contributed by atoms with Gasteiger partial charge < -0.3 is 10.1 Å². The van der Waals surface area contributed by atoms with E-state index in [1.807, 2.05) is 24.3 Å². The number of aromatic nitrogens is 1. The number of rotatable bonds is 10. The minimum Gasteiger partial charge on any atom is -0.495 e. The standard InChI is InChI=1S/C23H25N3O4S2/c1-3-26(19-10-5-4-6-11-19)32(28,29)20-12-13-22(30-2)21(15-20)25-23(27)17-31-16-18-9-7-8-14-24-18/h4-15H,3,16-17H2,1-2H3,(H,25,27). The Balaban J connectivity index is 1.76. The summed E-state index contributed by atoms with van der Waals surface area (Å²) in [4.78, 5) is 16.8. The molecule has 0 aliphatic rings. The zero-order valence-corrected chi connectivity index (χ0v) is 19.5. The van der Waals surface area contributed by atoms with E-state index >= 15 is 0 Å². The van der Waals surface area contributed by atoms with E-state index in [-0.39, 0.29) is 23.1 Å². The first-order valence-electron chi connectivity index (χ1n) is 9.99. The average Bonchev–Trinajstić information content (AvgIpc) is 2.80. The molecule has 0 saturated carbocycles. The second-order valence-electron chi connectivity index (χ2n) is 6.73. The summed E-state index contributed by atoms with van der Waals surface area (Å²) in [5.41, 5.74) is 1.76. The van der Waals surface area contributed by atoms with Crippen LogP contribution in [0.5, 0.6) is 5.75 Å². The Hall–Kier alpha value is -3.04. The number of benzene rings is 2. The van der Waals surface area contributed by atoms with Gasteiger partial charge in [0.25, 0.3) is 10.0 Å². The summed E-state index contributed by atoms with van der Waals surface area (Å²) >= 11 is 1.42. The molecule has 2 aromatic carbocycles. The molecule has 0 spiro atoms. The highest BCUT2D eigenvalue weighted by Gasteiger charge is 2.25. The van der Waals surface area contributed by atoms with Gasteiger partial charge in [0.05, 0.1) is 34.8 Å². The number of nitrogens with one attached hydrogen (secondary N) is 1. The number of methoxy groups -OCH3 is 1. The van der Waals surface area contributed by atoms with Crippen LogP contribution in [0.3, 0.4) is 0 Å². The van der Waals surface area contributed by atoms with E-state index in [0.29, 0.717) is 22.9 Å². The van der Waals surface area contributed by atoms with E-state index in [1.165, 1.54) is 35.3 Å². The minimum absolute atomic E-state index is 0.0699. The van der Waals surface area contributed by atoms with Gasteiger partial charge in [0.15, 0.2) is 0 Å². The van der Waals surface area contributed by atoms with E-state index in [1.54, 1.807) is 43.5 Å². The number of ether oxygens (including phenoxy) is 1. The number of sulfonamides is 1. The van der Waals surface area contributed by atoms with Crippen molar-refractivity contribution in [2.24, 2.45) is 0 Å². The second-order valence-corrected chi connectivity index (χ2v) is 9.58. The smallest absolute Gasteiger partial charge is 0.264 e. The maximum atomic E-state index is 13.3. The van der Waals surface area contributed by atoms with E-state index in [9.17, 15) is 13.2 Å². The number of hydrogen-bond donors (Lipinski definition) is 1. The van der Waals surface area contributed by atoms with Gasteiger partial charge in [0, 0.05) is 18.5 Å². The zero-order chi connectivity index (χ0) is 23.0. The van der Waals surface area contributed by atoms with Crippen molar-refractivity contribution < 1.29 is 17.9 Å². The predicted molar refractivity (Wildman–Crippen MR) is 129 cm³/mol. The summed E-state index contributed by atoms with van der Waals surface area (Å²) in [7, 11) is -2.36. The lowest BCUT2D eigenvalue weighted by Gasteiger charge is -2.23. The molecule has 1 amide bonds. The van der Waals surface area contributed by atoms with Crippen LogP contribution in [-0.4, -0.2) is 38.7 Å². The Morgan fingerprint density at radius 1 is 1.09 bits per heavy atom. The van der Waals surface area contributed by atoms with Gasteiger partial charge in [-0.05, 0) is 49.4 Å². The number of thioether (sulfide) groups is 1. The third-order valence-corrected chi connectivity index (χ3v) is 7.44. The molecule has 32 heavy (non-hydrogen) atoms. The fraction of sp³-hybridized carbons (Fsp3) is 0.217. The molecule has 0 saturated heterocycles. The van der Waals surface area contributed by atoms with Gasteiger partial charge >= 0.3 is 0 Å². The SMILES string of the molecule is CCN(c1ccccc1)S(=O)(=O)c1ccc(OC)c(NC(=O)CSCc2ccccn2)c1. The number of carbonyl (C=O) groups is 1. The molecular weight excluding hydrogens is 446 g/mol. The molecule has 0 radical (unpaired) electrons. The van der Waals surface area contributed by atoms with Crippen LogP contribution in [0.2, 0.25) is 0 Å². The van der Waals surface area contributed by atoms with Crippen molar-refractivity contribution in [1.82, 2.24) is 4.98 Å². The first-order valence-corrected chi connectivity index (χ1v) is 12.6. The molecule has 1 N–H and O–H groups in total. The maximum Gasteiger partial charge on any atom is 0.264 e. The number of hydrogen-bond acceptors (Lipinski definition) is 6. The minimum atomic E-state index is -3.83. The molecule has 0 aliphatic heterocycles. The number of pyridine rings is 1. The van der Waals surface area contributed by atoms with Gasteiger partial charge in [-0.2, -0.15) is 0 Å². The number of para-hydroxylation sites is 1.